The maximum atomic E-state index is 12.8. The number of carbonyl (C=O) groups excluding carboxylic acids is 1. The van der Waals surface area contributed by atoms with Gasteiger partial charge in [-0.15, -0.1) is 11.6 Å². The molecule has 0 radical (unpaired) electrons. The second-order valence-electron chi connectivity index (χ2n) is 7.04. The Bertz CT molecular complexity index is 1080. The van der Waals surface area contributed by atoms with E-state index in [2.05, 4.69) is 10.6 Å². The number of aryl methyl sites for hydroxylation is 1. The molecule has 2 heterocycles. The van der Waals surface area contributed by atoms with Crippen molar-refractivity contribution in [1.29, 1.82) is 0 Å². The molecule has 0 aliphatic rings. The van der Waals surface area contributed by atoms with Gasteiger partial charge in [0.25, 0.3) is 0 Å². The lowest BCUT2D eigenvalue weighted by Gasteiger charge is -2.07. The molecular formula is C21H23Cl2N3O4. The zero-order valence-electron chi connectivity index (χ0n) is 16.5. The molecule has 0 aliphatic carbocycles. The number of rotatable bonds is 9. The SMILES string of the molecule is Cn1cc(CC(=O)NCc2ccc(Cl)cc2)c(=O)c2cc(CNCC(O)CCl)oc21. The number of fused-ring (bicyclic) bond motifs is 1. The second-order valence-corrected chi connectivity index (χ2v) is 7.79. The van der Waals surface area contributed by atoms with Crippen LogP contribution >= 0.6 is 23.2 Å². The maximum Gasteiger partial charge on any atom is 0.224 e. The van der Waals surface area contributed by atoms with Crippen molar-refractivity contribution in [2.45, 2.75) is 25.6 Å². The smallest absolute Gasteiger partial charge is 0.224 e. The first-order chi connectivity index (χ1) is 14.4. The van der Waals surface area contributed by atoms with Crippen LogP contribution < -0.4 is 16.1 Å². The van der Waals surface area contributed by atoms with Crippen LogP contribution in [0.2, 0.25) is 5.02 Å². The van der Waals surface area contributed by atoms with Crippen molar-refractivity contribution in [2.75, 3.05) is 12.4 Å². The highest BCUT2D eigenvalue weighted by atomic mass is 35.5. The normalized spacial score (nSPS) is 12.3. The Kier molecular flexibility index (Phi) is 7.55. The third kappa shape index (κ3) is 5.64. The van der Waals surface area contributed by atoms with Crippen LogP contribution in [-0.2, 0) is 31.4 Å². The summed E-state index contributed by atoms with van der Waals surface area (Å²) in [5.41, 5.74) is 1.50. The van der Waals surface area contributed by atoms with Crippen LogP contribution in [0.4, 0.5) is 0 Å². The molecule has 7 nitrogen and oxygen atoms in total. The lowest BCUT2D eigenvalue weighted by atomic mass is 10.1. The van der Waals surface area contributed by atoms with Crippen molar-refractivity contribution >= 4 is 40.2 Å². The molecule has 0 saturated carbocycles. The molecule has 3 N–H and O–H groups in total. The van der Waals surface area contributed by atoms with Gasteiger partial charge in [0.05, 0.1) is 24.5 Å². The molecule has 0 aliphatic heterocycles. The van der Waals surface area contributed by atoms with Gasteiger partial charge >= 0.3 is 0 Å². The van der Waals surface area contributed by atoms with Crippen molar-refractivity contribution < 1.29 is 14.3 Å². The van der Waals surface area contributed by atoms with E-state index in [1.54, 1.807) is 36.0 Å². The first-order valence-electron chi connectivity index (χ1n) is 9.44. The van der Waals surface area contributed by atoms with E-state index < -0.39 is 6.10 Å². The fourth-order valence-electron chi connectivity index (χ4n) is 3.05. The van der Waals surface area contributed by atoms with Crippen molar-refractivity contribution in [3.05, 3.63) is 68.7 Å². The Labute approximate surface area is 183 Å². The zero-order chi connectivity index (χ0) is 21.7. The molecule has 1 aromatic carbocycles. The average molecular weight is 452 g/mol. The lowest BCUT2D eigenvalue weighted by Crippen LogP contribution is -2.27. The van der Waals surface area contributed by atoms with Crippen molar-refractivity contribution in [1.82, 2.24) is 15.2 Å². The second kappa shape index (κ2) is 10.1. The summed E-state index contributed by atoms with van der Waals surface area (Å²) in [6.45, 7) is 1.02. The molecule has 1 unspecified atom stereocenters. The quantitative estimate of drug-likeness (QED) is 0.433. The lowest BCUT2D eigenvalue weighted by molar-refractivity contribution is -0.120. The topological polar surface area (TPSA) is 96.5 Å². The molecule has 0 bridgehead atoms. The minimum absolute atomic E-state index is 0.0309. The van der Waals surface area contributed by atoms with Crippen LogP contribution in [0.25, 0.3) is 11.1 Å². The number of amides is 1. The zero-order valence-corrected chi connectivity index (χ0v) is 18.0. The summed E-state index contributed by atoms with van der Waals surface area (Å²) in [6, 6.07) is 8.84. The highest BCUT2D eigenvalue weighted by molar-refractivity contribution is 6.30. The molecule has 0 spiro atoms. The van der Waals surface area contributed by atoms with Crippen LogP contribution in [-0.4, -0.2) is 34.1 Å². The van der Waals surface area contributed by atoms with Gasteiger partial charge in [-0.05, 0) is 23.8 Å². The predicted octanol–water partition coefficient (Wildman–Crippen LogP) is 2.33. The van der Waals surface area contributed by atoms with Crippen LogP contribution in [0.5, 0.6) is 0 Å². The van der Waals surface area contributed by atoms with Gasteiger partial charge in [-0.1, -0.05) is 23.7 Å². The van der Waals surface area contributed by atoms with E-state index in [9.17, 15) is 14.7 Å². The Hall–Kier alpha value is -2.32. The summed E-state index contributed by atoms with van der Waals surface area (Å²) in [7, 11) is 1.76. The monoisotopic (exact) mass is 451 g/mol. The van der Waals surface area contributed by atoms with Crippen molar-refractivity contribution in [3.63, 3.8) is 0 Å². The first-order valence-corrected chi connectivity index (χ1v) is 10.4. The molecule has 2 aromatic heterocycles. The van der Waals surface area contributed by atoms with E-state index in [4.69, 9.17) is 27.6 Å². The van der Waals surface area contributed by atoms with Gasteiger partial charge in [-0.3, -0.25) is 9.59 Å². The molecule has 3 rings (SSSR count). The number of nitrogens with one attached hydrogen (secondary N) is 2. The van der Waals surface area contributed by atoms with Crippen molar-refractivity contribution in [2.24, 2.45) is 7.05 Å². The average Bonchev–Trinajstić information content (AvgIpc) is 3.16. The molecule has 1 amide bonds. The van der Waals surface area contributed by atoms with Gasteiger partial charge in [0.15, 0.2) is 5.43 Å². The molecular weight excluding hydrogens is 429 g/mol. The van der Waals surface area contributed by atoms with Crippen molar-refractivity contribution in [3.8, 4) is 0 Å². The number of pyridine rings is 1. The van der Waals surface area contributed by atoms with E-state index in [-0.39, 0.29) is 23.6 Å². The van der Waals surface area contributed by atoms with E-state index >= 15 is 0 Å². The van der Waals surface area contributed by atoms with E-state index in [0.29, 0.717) is 47.1 Å². The number of aliphatic hydroxyl groups excluding tert-OH is 1. The minimum Gasteiger partial charge on any atom is -0.443 e. The number of hydrogen-bond acceptors (Lipinski definition) is 5. The molecule has 0 saturated heterocycles. The molecule has 30 heavy (non-hydrogen) atoms. The molecule has 9 heteroatoms. The van der Waals surface area contributed by atoms with Crippen LogP contribution in [0.15, 0.2) is 45.7 Å². The third-order valence-corrected chi connectivity index (χ3v) is 5.19. The number of aromatic nitrogens is 1. The van der Waals surface area contributed by atoms with Gasteiger partial charge in [0.2, 0.25) is 11.6 Å². The number of furan rings is 1. The Morgan fingerprint density at radius 1 is 1.27 bits per heavy atom. The number of benzene rings is 1. The van der Waals surface area contributed by atoms with Crippen LogP contribution in [0.3, 0.4) is 0 Å². The summed E-state index contributed by atoms with van der Waals surface area (Å²) in [6.07, 6.45) is 0.932. The summed E-state index contributed by atoms with van der Waals surface area (Å²) in [5.74, 6) is 0.446. The van der Waals surface area contributed by atoms with Gasteiger partial charge in [0, 0.05) is 42.8 Å². The number of carbonyl (C=O) groups is 1. The van der Waals surface area contributed by atoms with E-state index in [1.165, 1.54) is 0 Å². The predicted molar refractivity (Wildman–Crippen MR) is 117 cm³/mol. The Balaban J connectivity index is 1.68. The summed E-state index contributed by atoms with van der Waals surface area (Å²) < 4.78 is 7.43. The largest absolute Gasteiger partial charge is 0.443 e. The number of halogens is 2. The highest BCUT2D eigenvalue weighted by Gasteiger charge is 2.15. The summed E-state index contributed by atoms with van der Waals surface area (Å²) >= 11 is 11.4. The van der Waals surface area contributed by atoms with Gasteiger partial charge in [0.1, 0.15) is 5.76 Å². The van der Waals surface area contributed by atoms with Gasteiger partial charge < -0.3 is 24.7 Å². The van der Waals surface area contributed by atoms with Crippen LogP contribution in [0.1, 0.15) is 16.9 Å². The van der Waals surface area contributed by atoms with E-state index in [0.717, 1.165) is 5.56 Å². The highest BCUT2D eigenvalue weighted by Crippen LogP contribution is 2.17. The van der Waals surface area contributed by atoms with Crippen LogP contribution in [0, 0.1) is 0 Å². The molecule has 160 valence electrons. The molecule has 0 fully saturated rings. The van der Waals surface area contributed by atoms with Gasteiger partial charge in [-0.25, -0.2) is 0 Å². The van der Waals surface area contributed by atoms with Gasteiger partial charge in [-0.2, -0.15) is 0 Å². The third-order valence-electron chi connectivity index (χ3n) is 4.58. The minimum atomic E-state index is -0.653. The molecule has 1 atom stereocenters. The first kappa shape index (κ1) is 22.4. The molecule has 3 aromatic rings. The summed E-state index contributed by atoms with van der Waals surface area (Å²) in [5, 5.41) is 16.4. The summed E-state index contributed by atoms with van der Waals surface area (Å²) in [4.78, 5) is 25.2. The Morgan fingerprint density at radius 3 is 2.70 bits per heavy atom. The maximum absolute atomic E-state index is 12.8. The fraction of sp³-hybridized carbons (Fsp3) is 0.333. The Morgan fingerprint density at radius 2 is 2.00 bits per heavy atom. The van der Waals surface area contributed by atoms with E-state index in [1.807, 2.05) is 12.1 Å². The fourth-order valence-corrected chi connectivity index (χ4v) is 3.28. The number of alkyl halides is 1. The standard InChI is InChI=1S/C21H23Cl2N3O4/c1-26-12-14(6-19(28)25-9-13-2-4-15(23)5-3-13)20(29)18-7-17(30-21(18)26)11-24-10-16(27)8-22/h2-5,7,12,16,24,27H,6,8-11H2,1H3,(H,25,28). The number of nitrogens with zero attached hydrogens (tertiary/aromatic N) is 1. The number of hydrogen-bond donors (Lipinski definition) is 3. The number of aliphatic hydroxyl groups is 1.